The topological polar surface area (TPSA) is 341 Å². The molecule has 5 unspecified atom stereocenters. The molecular weight excluding hydrogens is 1250 g/mol. The Morgan fingerprint density at radius 3 is 2.18 bits per heavy atom. The molecule has 0 saturated carbocycles. The van der Waals surface area contributed by atoms with Crippen LogP contribution in [-0.2, 0) is 70.4 Å². The molecule has 9 amide bonds. The number of aromatic nitrogens is 1. The quantitative estimate of drug-likeness (QED) is 0.0192. The van der Waals surface area contributed by atoms with Crippen molar-refractivity contribution in [2.24, 2.45) is 17.8 Å². The summed E-state index contributed by atoms with van der Waals surface area (Å²) in [6.07, 6.45) is 2.79. The van der Waals surface area contributed by atoms with Crippen LogP contribution < -0.4 is 31.9 Å². The Morgan fingerprint density at radius 1 is 0.862 bits per heavy atom. The molecule has 3 aromatic rings. The number of aliphatic hydroxyl groups excluding tert-OH is 1. The number of likely N-dealkylation sites (N-methyl/N-ethyl adjacent to an activating group) is 1. The zero-order chi connectivity index (χ0) is 70.0. The molecule has 1 aromatic heterocycles. The second-order valence-corrected chi connectivity index (χ2v) is 27.1. The molecule has 9 atom stereocenters. The zero-order valence-electron chi connectivity index (χ0n) is 56.8. The number of carbonyl (C=O) groups is 11. The summed E-state index contributed by atoms with van der Waals surface area (Å²) in [6, 6.07) is 9.82. The lowest BCUT2D eigenvalue weighted by Gasteiger charge is -2.40. The Morgan fingerprint density at radius 2 is 1.56 bits per heavy atom. The van der Waals surface area contributed by atoms with E-state index in [1.54, 1.807) is 75.2 Å². The average molecular weight is 1350 g/mol. The Kier molecular flexibility index (Phi) is 32.7. The SMILES string of the molecule is CCC(C)[C@H](NC(=O)C(C)(C)N(C)C)C(=O)N(Cc1cccc(NC(=O)C(C)NC(=O)C(CCCCNC(=O)CCOCCO)NC(=O)CCCN2C(=O)CC(SC)C2=O)c1)[C@H](C[C@@H](OC(C)=O)c1nc(C(=O)N[C@@H](Cc2ccc(C)cc2)CC(C)C(=O)O)cs1)C(C)C. The Balaban J connectivity index is 1.63. The summed E-state index contributed by atoms with van der Waals surface area (Å²) in [5, 5.41) is 37.2. The normalized spacial score (nSPS) is 15.8. The summed E-state index contributed by atoms with van der Waals surface area (Å²) >= 11 is 2.37. The Bertz CT molecular complexity index is 3050. The molecule has 0 spiro atoms. The van der Waals surface area contributed by atoms with E-state index in [1.807, 2.05) is 58.9 Å². The van der Waals surface area contributed by atoms with E-state index in [2.05, 4.69) is 31.9 Å². The van der Waals surface area contributed by atoms with Crippen molar-refractivity contribution in [3.8, 4) is 0 Å². The van der Waals surface area contributed by atoms with Crippen molar-refractivity contribution in [1.82, 2.24) is 46.3 Å². The van der Waals surface area contributed by atoms with Crippen LogP contribution in [0.25, 0.3) is 0 Å². The highest BCUT2D eigenvalue weighted by Crippen LogP contribution is 2.33. The van der Waals surface area contributed by atoms with Gasteiger partial charge in [0.05, 0.1) is 36.5 Å². The number of amides is 9. The summed E-state index contributed by atoms with van der Waals surface area (Å²) in [7, 11) is 3.52. The fraction of sp³-hybridized carbons (Fsp3) is 0.612. The number of nitrogens with one attached hydrogen (secondary N) is 6. The summed E-state index contributed by atoms with van der Waals surface area (Å²) in [4.78, 5) is 157. The minimum absolute atomic E-state index is 0.0122. The number of carboxylic acid groups (broad SMARTS) is 1. The van der Waals surface area contributed by atoms with E-state index in [4.69, 9.17) is 19.6 Å². The first-order chi connectivity index (χ1) is 44.4. The molecule has 1 aliphatic heterocycles. The number of nitrogens with zero attached hydrogens (tertiary/aromatic N) is 4. The van der Waals surface area contributed by atoms with Gasteiger partial charge in [0.25, 0.3) is 5.91 Å². The molecule has 2 aromatic carbocycles. The smallest absolute Gasteiger partial charge is 0.306 e. The fourth-order valence-electron chi connectivity index (χ4n) is 10.3. The first-order valence-electron chi connectivity index (χ1n) is 32.2. The molecular formula is C67H100N10O15S2. The van der Waals surface area contributed by atoms with Crippen LogP contribution in [0.2, 0.25) is 0 Å². The van der Waals surface area contributed by atoms with E-state index in [-0.39, 0.29) is 125 Å². The number of hydrogen-bond acceptors (Lipinski definition) is 18. The lowest BCUT2D eigenvalue weighted by molar-refractivity contribution is -0.150. The second-order valence-electron chi connectivity index (χ2n) is 25.2. The minimum atomic E-state index is -1.16. The monoisotopic (exact) mass is 1350 g/mol. The number of aliphatic hydroxyl groups is 1. The van der Waals surface area contributed by atoms with E-state index in [9.17, 15) is 53.1 Å². The third kappa shape index (κ3) is 25.1. The van der Waals surface area contributed by atoms with Gasteiger partial charge in [-0.3, -0.25) is 62.5 Å². The van der Waals surface area contributed by atoms with Gasteiger partial charge in [0.15, 0.2) is 6.10 Å². The maximum atomic E-state index is 15.6. The summed E-state index contributed by atoms with van der Waals surface area (Å²) in [6.45, 7) is 17.6. The maximum Gasteiger partial charge on any atom is 0.306 e. The second kappa shape index (κ2) is 38.9. The van der Waals surface area contributed by atoms with Crippen LogP contribution >= 0.6 is 23.1 Å². The van der Waals surface area contributed by atoms with Crippen molar-refractivity contribution >= 4 is 93.9 Å². The van der Waals surface area contributed by atoms with E-state index < -0.39 is 100 Å². The van der Waals surface area contributed by atoms with Gasteiger partial charge in [0.1, 0.15) is 28.8 Å². The van der Waals surface area contributed by atoms with Crippen molar-refractivity contribution in [3.05, 3.63) is 81.3 Å². The molecule has 1 aliphatic rings. The van der Waals surface area contributed by atoms with Crippen molar-refractivity contribution in [1.29, 1.82) is 0 Å². The number of imide groups is 1. The first-order valence-corrected chi connectivity index (χ1v) is 34.4. The highest BCUT2D eigenvalue weighted by molar-refractivity contribution is 8.00. The number of benzene rings is 2. The molecule has 520 valence electrons. The summed E-state index contributed by atoms with van der Waals surface area (Å²) in [5.41, 5.74) is 1.77. The number of anilines is 1. The van der Waals surface area contributed by atoms with Gasteiger partial charge in [0, 0.05) is 75.4 Å². The number of esters is 1. The fourth-order valence-corrected chi connectivity index (χ4v) is 11.8. The first kappa shape index (κ1) is 79.1. The lowest BCUT2D eigenvalue weighted by Crippen LogP contribution is -2.60. The van der Waals surface area contributed by atoms with Crippen LogP contribution in [0, 0.1) is 24.7 Å². The van der Waals surface area contributed by atoms with Gasteiger partial charge < -0.3 is 56.5 Å². The number of carboxylic acids is 1. The average Bonchev–Trinajstić information content (AvgIpc) is 1.11. The third-order valence-electron chi connectivity index (χ3n) is 16.9. The number of ether oxygens (including phenoxy) is 2. The number of likely N-dealkylation sites (tertiary alicyclic amines) is 1. The molecule has 1 saturated heterocycles. The Hall–Kier alpha value is -7.33. The molecule has 2 heterocycles. The molecule has 27 heteroatoms. The van der Waals surface area contributed by atoms with Gasteiger partial charge >= 0.3 is 11.9 Å². The number of hydrogen-bond donors (Lipinski definition) is 8. The number of thioether (sulfide) groups is 1. The lowest BCUT2D eigenvalue weighted by atomic mass is 9.91. The number of aryl methyl sites for hydroxylation is 1. The van der Waals surface area contributed by atoms with Crippen molar-refractivity contribution in [2.75, 3.05) is 58.6 Å². The van der Waals surface area contributed by atoms with Crippen LogP contribution in [0.4, 0.5) is 5.69 Å². The van der Waals surface area contributed by atoms with Gasteiger partial charge in [-0.15, -0.1) is 11.3 Å². The largest absolute Gasteiger partial charge is 0.481 e. The van der Waals surface area contributed by atoms with E-state index in [0.29, 0.717) is 36.9 Å². The molecule has 8 N–H and O–H groups in total. The van der Waals surface area contributed by atoms with Crippen LogP contribution in [0.15, 0.2) is 53.9 Å². The third-order valence-corrected chi connectivity index (χ3v) is 18.7. The van der Waals surface area contributed by atoms with Crippen LogP contribution in [0.1, 0.15) is 165 Å². The number of unbranched alkanes of at least 4 members (excludes halogenated alkanes) is 1. The minimum Gasteiger partial charge on any atom is -0.481 e. The summed E-state index contributed by atoms with van der Waals surface area (Å²) < 4.78 is 11.2. The van der Waals surface area contributed by atoms with Crippen LogP contribution in [0.5, 0.6) is 0 Å². The zero-order valence-corrected chi connectivity index (χ0v) is 58.4. The maximum absolute atomic E-state index is 15.6. The standard InChI is InChI=1S/C67H100N10O15S2/c1-14-42(5)58(74-66(90)67(9,10)75(11)12)64(87)77(52(40(2)3)36-53(92-45(8)79)62-73-51(39-94-62)61(85)71-49(33-43(6)65(88)89)34-46-25-23-41(4)24-26-46)38-47-19-17-20-48(35-47)70-59(83)44(7)69-60(84)50(21-15-16-28-68-55(80)27-31-91-32-30-78)72-56(81)22-18-29-76-57(82)37-54(93-13)63(76)86/h17,19-20,23-26,35,39-40,42-44,49-50,52-54,58,78H,14-16,18,21-22,27-34,36-38H2,1-13H3,(H,68,80)(H,69,84)(H,70,83)(H,71,85)(H,72,81)(H,74,90)(H,88,89)/t42?,43?,44?,49-,50?,52-,53-,54?,58+/m1/s1. The number of rotatable bonds is 41. The Labute approximate surface area is 561 Å². The van der Waals surface area contributed by atoms with Gasteiger partial charge in [-0.2, -0.15) is 11.8 Å². The van der Waals surface area contributed by atoms with Gasteiger partial charge in [-0.1, -0.05) is 83.0 Å². The van der Waals surface area contributed by atoms with Crippen molar-refractivity contribution in [2.45, 2.75) is 194 Å². The molecule has 0 aliphatic carbocycles. The molecule has 0 bridgehead atoms. The van der Waals surface area contributed by atoms with Gasteiger partial charge in [0.2, 0.25) is 47.3 Å². The van der Waals surface area contributed by atoms with E-state index >= 15 is 4.79 Å². The molecule has 25 nitrogen and oxygen atoms in total. The number of aliphatic carboxylic acids is 1. The van der Waals surface area contributed by atoms with Gasteiger partial charge in [-0.25, -0.2) is 4.98 Å². The van der Waals surface area contributed by atoms with Crippen LogP contribution in [-0.4, -0.2) is 189 Å². The van der Waals surface area contributed by atoms with E-state index in [0.717, 1.165) is 27.4 Å². The van der Waals surface area contributed by atoms with Crippen molar-refractivity contribution < 1.29 is 72.4 Å². The molecule has 0 radical (unpaired) electrons. The number of thiazole rings is 1. The van der Waals surface area contributed by atoms with Crippen molar-refractivity contribution in [3.63, 3.8) is 0 Å². The summed E-state index contributed by atoms with van der Waals surface area (Å²) in [5.74, 6) is -7.25. The molecule has 4 rings (SSSR count). The molecule has 94 heavy (non-hydrogen) atoms. The number of carbonyl (C=O) groups excluding carboxylic acids is 10. The highest BCUT2D eigenvalue weighted by Gasteiger charge is 2.41. The van der Waals surface area contributed by atoms with Crippen LogP contribution in [0.3, 0.4) is 0 Å². The highest BCUT2D eigenvalue weighted by atomic mass is 32.2. The predicted molar refractivity (Wildman–Crippen MR) is 359 cm³/mol. The predicted octanol–water partition coefficient (Wildman–Crippen LogP) is 5.71. The van der Waals surface area contributed by atoms with Gasteiger partial charge in [-0.05, 0) is 122 Å². The molecule has 1 fully saturated rings. The van der Waals surface area contributed by atoms with E-state index in [1.165, 1.54) is 31.0 Å².